The molecule has 3 atom stereocenters. The number of aromatic nitrogens is 1. The van der Waals surface area contributed by atoms with E-state index in [-0.39, 0.29) is 41.6 Å². The smallest absolute Gasteiger partial charge is 0.243 e. The van der Waals surface area contributed by atoms with Gasteiger partial charge in [-0.05, 0) is 50.2 Å². The molecule has 1 saturated heterocycles. The number of hydrogen-bond donors (Lipinski definition) is 0. The number of carbonyl (C=O) groups is 1. The van der Waals surface area contributed by atoms with Crippen molar-refractivity contribution in [2.75, 3.05) is 13.1 Å². The fourth-order valence-corrected chi connectivity index (χ4v) is 6.29. The van der Waals surface area contributed by atoms with Gasteiger partial charge in [0, 0.05) is 29.6 Å². The molecular formula is C24H22FN3O4S2. The molecule has 0 N–H and O–H groups in total. The molecule has 1 aliphatic rings. The molecule has 0 unspecified atom stereocenters. The van der Waals surface area contributed by atoms with Gasteiger partial charge in [-0.1, -0.05) is 12.1 Å². The van der Waals surface area contributed by atoms with Crippen molar-refractivity contribution in [3.8, 4) is 17.3 Å². The number of nitriles is 1. The van der Waals surface area contributed by atoms with Gasteiger partial charge in [-0.15, -0.1) is 11.3 Å². The van der Waals surface area contributed by atoms with Gasteiger partial charge in [0.2, 0.25) is 10.0 Å². The molecule has 7 nitrogen and oxygen atoms in total. The zero-order chi connectivity index (χ0) is 24.5. The Bertz CT molecular complexity index is 1320. The normalized spacial score (nSPS) is 19.9. The summed E-state index contributed by atoms with van der Waals surface area (Å²) in [6.07, 6.45) is -0.428. The summed E-state index contributed by atoms with van der Waals surface area (Å²) in [5, 5.41) is 11.7. The van der Waals surface area contributed by atoms with Gasteiger partial charge in [0.1, 0.15) is 10.8 Å². The van der Waals surface area contributed by atoms with Crippen LogP contribution in [0.4, 0.5) is 4.39 Å². The van der Waals surface area contributed by atoms with E-state index < -0.39 is 21.7 Å². The van der Waals surface area contributed by atoms with Crippen molar-refractivity contribution in [3.63, 3.8) is 0 Å². The molecule has 176 valence electrons. The molecule has 0 bridgehead atoms. The second kappa shape index (κ2) is 9.72. The summed E-state index contributed by atoms with van der Waals surface area (Å²) < 4.78 is 46.2. The molecule has 0 amide bonds. The van der Waals surface area contributed by atoms with Crippen molar-refractivity contribution >= 4 is 27.1 Å². The van der Waals surface area contributed by atoms with Crippen LogP contribution in [0.3, 0.4) is 0 Å². The lowest BCUT2D eigenvalue weighted by Gasteiger charge is -2.34. The van der Waals surface area contributed by atoms with E-state index in [1.165, 1.54) is 52.0 Å². The summed E-state index contributed by atoms with van der Waals surface area (Å²) in [5.41, 5.74) is 1.44. The molecule has 1 aromatic heterocycles. The van der Waals surface area contributed by atoms with Crippen LogP contribution in [0.2, 0.25) is 0 Å². The van der Waals surface area contributed by atoms with Gasteiger partial charge in [-0.3, -0.25) is 4.79 Å². The molecule has 0 saturated carbocycles. The molecule has 4 rings (SSSR count). The number of benzene rings is 2. The predicted octanol–water partition coefficient (Wildman–Crippen LogP) is 4.24. The average Bonchev–Trinajstić information content (AvgIpc) is 3.29. The van der Waals surface area contributed by atoms with Crippen LogP contribution in [0.5, 0.6) is 0 Å². The third-order valence-electron chi connectivity index (χ3n) is 5.46. The zero-order valence-corrected chi connectivity index (χ0v) is 20.1. The molecule has 2 aromatic carbocycles. The number of rotatable bonds is 6. The largest absolute Gasteiger partial charge is 0.373 e. The monoisotopic (exact) mass is 499 g/mol. The summed E-state index contributed by atoms with van der Waals surface area (Å²) in [5.74, 6) is -1.98. The number of ketones is 1. The van der Waals surface area contributed by atoms with Gasteiger partial charge in [0.15, 0.2) is 11.7 Å². The Labute approximate surface area is 201 Å². The van der Waals surface area contributed by atoms with Crippen molar-refractivity contribution in [1.82, 2.24) is 9.29 Å². The first-order valence-corrected chi connectivity index (χ1v) is 12.9. The fraction of sp³-hybridized carbons (Fsp3) is 0.292. The molecule has 2 heterocycles. The molecule has 10 heteroatoms. The van der Waals surface area contributed by atoms with Gasteiger partial charge >= 0.3 is 0 Å². The van der Waals surface area contributed by atoms with E-state index in [9.17, 15) is 22.9 Å². The highest BCUT2D eigenvalue weighted by atomic mass is 32.2. The number of ether oxygens (including phenoxy) is 1. The SMILES string of the molecule is C[C@@H]1CN(S(=O)(=O)c2ccc(C(=O)[C@@H](C#N)c3nc(-c4ccc(F)cc4)cs3)cc2)C[C@H](C)O1. The van der Waals surface area contributed by atoms with E-state index in [0.717, 1.165) is 0 Å². The van der Waals surface area contributed by atoms with E-state index in [4.69, 9.17) is 4.74 Å². The number of morpholine rings is 1. The lowest BCUT2D eigenvalue weighted by Crippen LogP contribution is -2.48. The first-order valence-electron chi connectivity index (χ1n) is 10.6. The van der Waals surface area contributed by atoms with Crippen LogP contribution in [0.25, 0.3) is 11.3 Å². The van der Waals surface area contributed by atoms with Crippen LogP contribution in [-0.2, 0) is 14.8 Å². The Balaban J connectivity index is 1.54. The Hall–Kier alpha value is -2.97. The average molecular weight is 500 g/mol. The summed E-state index contributed by atoms with van der Waals surface area (Å²) >= 11 is 1.17. The van der Waals surface area contributed by atoms with Gasteiger partial charge in [-0.2, -0.15) is 9.57 Å². The maximum Gasteiger partial charge on any atom is 0.243 e. The Morgan fingerprint density at radius 1 is 1.15 bits per heavy atom. The van der Waals surface area contributed by atoms with Crippen LogP contribution in [-0.4, -0.2) is 48.8 Å². The second-order valence-corrected chi connectivity index (χ2v) is 10.9. The molecule has 34 heavy (non-hydrogen) atoms. The van der Waals surface area contributed by atoms with Crippen molar-refractivity contribution < 1.29 is 22.3 Å². The van der Waals surface area contributed by atoms with Gasteiger partial charge in [0.05, 0.1) is 28.9 Å². The minimum Gasteiger partial charge on any atom is -0.373 e. The van der Waals surface area contributed by atoms with Gasteiger partial charge in [-0.25, -0.2) is 17.8 Å². The molecule has 0 spiro atoms. The third-order valence-corrected chi connectivity index (χ3v) is 8.22. The van der Waals surface area contributed by atoms with Crippen LogP contribution in [0.1, 0.15) is 35.1 Å². The molecule has 1 fully saturated rings. The Morgan fingerprint density at radius 3 is 2.35 bits per heavy atom. The summed E-state index contributed by atoms with van der Waals surface area (Å²) in [6.45, 7) is 4.15. The van der Waals surface area contributed by atoms with Crippen molar-refractivity contribution in [2.24, 2.45) is 0 Å². The van der Waals surface area contributed by atoms with E-state index in [2.05, 4.69) is 4.98 Å². The quantitative estimate of drug-likeness (QED) is 0.471. The lowest BCUT2D eigenvalue weighted by molar-refractivity contribution is -0.0440. The molecular weight excluding hydrogens is 477 g/mol. The highest BCUT2D eigenvalue weighted by molar-refractivity contribution is 7.89. The Kier molecular flexibility index (Phi) is 6.91. The highest BCUT2D eigenvalue weighted by Crippen LogP contribution is 2.29. The van der Waals surface area contributed by atoms with E-state index in [0.29, 0.717) is 16.3 Å². The van der Waals surface area contributed by atoms with Gasteiger partial charge in [0.25, 0.3) is 0 Å². The third kappa shape index (κ3) is 4.93. The van der Waals surface area contributed by atoms with Crippen LogP contribution >= 0.6 is 11.3 Å². The standard InChI is InChI=1S/C24H22FN3O4S2/c1-15-12-28(13-16(2)32-15)34(30,31)20-9-5-18(6-10-20)23(29)21(11-26)24-27-22(14-33-24)17-3-7-19(25)8-4-17/h3-10,14-16,21H,12-13H2,1-2H3/t15-,16+,21-/m1/s1. The number of sulfonamides is 1. The van der Waals surface area contributed by atoms with E-state index in [1.807, 2.05) is 19.9 Å². The minimum absolute atomic E-state index is 0.0757. The van der Waals surface area contributed by atoms with Crippen LogP contribution < -0.4 is 0 Å². The number of carbonyl (C=O) groups excluding carboxylic acids is 1. The number of Topliss-reactive ketones (excluding diaryl/α,β-unsaturated/α-hetero) is 1. The minimum atomic E-state index is -3.74. The molecule has 0 radical (unpaired) electrons. The zero-order valence-electron chi connectivity index (χ0n) is 18.5. The first kappa shape index (κ1) is 24.2. The summed E-state index contributed by atoms with van der Waals surface area (Å²) in [6, 6.07) is 13.4. The summed E-state index contributed by atoms with van der Waals surface area (Å²) in [7, 11) is -3.74. The lowest BCUT2D eigenvalue weighted by atomic mass is 9.99. The molecule has 1 aliphatic heterocycles. The fourth-order valence-electron chi connectivity index (χ4n) is 3.83. The Morgan fingerprint density at radius 2 is 1.76 bits per heavy atom. The number of thiazole rings is 1. The van der Waals surface area contributed by atoms with Crippen LogP contribution in [0, 0.1) is 17.1 Å². The number of nitrogens with zero attached hydrogens (tertiary/aromatic N) is 3. The van der Waals surface area contributed by atoms with E-state index >= 15 is 0 Å². The maximum atomic E-state index is 13.2. The van der Waals surface area contributed by atoms with Crippen molar-refractivity contribution in [3.05, 3.63) is 70.3 Å². The van der Waals surface area contributed by atoms with Gasteiger partial charge < -0.3 is 4.74 Å². The topological polar surface area (TPSA) is 100 Å². The number of hydrogen-bond acceptors (Lipinski definition) is 7. The molecule has 3 aromatic rings. The summed E-state index contributed by atoms with van der Waals surface area (Å²) in [4.78, 5) is 17.5. The van der Waals surface area contributed by atoms with E-state index in [1.54, 1.807) is 17.5 Å². The second-order valence-electron chi connectivity index (χ2n) is 8.11. The highest BCUT2D eigenvalue weighted by Gasteiger charge is 2.32. The predicted molar refractivity (Wildman–Crippen MR) is 125 cm³/mol. The number of halogens is 1. The maximum absolute atomic E-state index is 13.2. The first-order chi connectivity index (χ1) is 16.2. The van der Waals surface area contributed by atoms with Crippen LogP contribution in [0.15, 0.2) is 58.8 Å². The van der Waals surface area contributed by atoms with Crippen molar-refractivity contribution in [2.45, 2.75) is 36.9 Å². The van der Waals surface area contributed by atoms with Crippen molar-refractivity contribution in [1.29, 1.82) is 5.26 Å². The molecule has 0 aliphatic carbocycles.